The second kappa shape index (κ2) is 7.75. The largest absolute Gasteiger partial charge is 0.480 e. The molecule has 1 amide bonds. The van der Waals surface area contributed by atoms with Crippen LogP contribution in [-0.4, -0.2) is 44.4 Å². The summed E-state index contributed by atoms with van der Waals surface area (Å²) in [6.45, 7) is 7.57. The van der Waals surface area contributed by atoms with Gasteiger partial charge in [-0.1, -0.05) is 0 Å². The molecule has 0 aromatic carbocycles. The molecule has 0 spiro atoms. The molecule has 8 nitrogen and oxygen atoms in total. The Hall–Kier alpha value is -2.38. The first-order valence-corrected chi connectivity index (χ1v) is 7.40. The Bertz CT molecular complexity index is 574. The van der Waals surface area contributed by atoms with E-state index in [4.69, 9.17) is 9.84 Å². The van der Waals surface area contributed by atoms with Crippen LogP contribution in [0.5, 0.6) is 0 Å². The van der Waals surface area contributed by atoms with E-state index in [0.29, 0.717) is 12.1 Å². The Balaban J connectivity index is 2.57. The normalized spacial score (nSPS) is 12.5. The lowest BCUT2D eigenvalue weighted by Gasteiger charge is -2.21. The van der Waals surface area contributed by atoms with Crippen LogP contribution in [0.1, 0.15) is 50.9 Å². The number of amides is 1. The summed E-state index contributed by atoms with van der Waals surface area (Å²) in [6.07, 6.45) is 2.20. The molecule has 1 atom stereocenters. The maximum absolute atomic E-state index is 12.0. The first kappa shape index (κ1) is 18.7. The summed E-state index contributed by atoms with van der Waals surface area (Å²) in [6, 6.07) is -1.19. The van der Waals surface area contributed by atoms with Crippen molar-refractivity contribution in [3.05, 3.63) is 18.0 Å². The summed E-state index contributed by atoms with van der Waals surface area (Å²) in [5.74, 6) is -1.44. The molecule has 1 heterocycles. The van der Waals surface area contributed by atoms with E-state index >= 15 is 0 Å². The topological polar surface area (TPSA) is 111 Å². The van der Waals surface area contributed by atoms with E-state index < -0.39 is 23.7 Å². The molecule has 0 bridgehead atoms. The van der Waals surface area contributed by atoms with E-state index in [0.717, 1.165) is 0 Å². The number of ether oxygens (including phenoxy) is 1. The highest BCUT2D eigenvalue weighted by Gasteiger charge is 2.24. The number of carboxylic acid groups (broad SMARTS) is 1. The molecule has 1 aromatic rings. The van der Waals surface area contributed by atoms with Crippen LogP contribution in [0.3, 0.4) is 0 Å². The van der Waals surface area contributed by atoms with Crippen molar-refractivity contribution in [2.45, 2.75) is 58.7 Å². The molecular weight excluding hydrogens is 302 g/mol. The number of Topliss-reactive ketones (excluding diaryl/α,β-unsaturated/α-hetero) is 1. The second-order valence-electron chi connectivity index (χ2n) is 6.08. The van der Waals surface area contributed by atoms with Crippen LogP contribution in [0.4, 0.5) is 4.79 Å². The number of alkyl carbamates (subject to hydrolysis) is 1. The fraction of sp³-hybridized carbons (Fsp3) is 0.600. The zero-order valence-electron chi connectivity index (χ0n) is 13.8. The molecule has 23 heavy (non-hydrogen) atoms. The van der Waals surface area contributed by atoms with Crippen LogP contribution in [0.2, 0.25) is 0 Å². The Morgan fingerprint density at radius 3 is 2.52 bits per heavy atom. The minimum absolute atomic E-state index is 0.0117. The fourth-order valence-corrected chi connectivity index (χ4v) is 1.81. The first-order chi connectivity index (χ1) is 10.6. The van der Waals surface area contributed by atoms with Crippen LogP contribution < -0.4 is 5.32 Å². The third kappa shape index (κ3) is 6.50. The summed E-state index contributed by atoms with van der Waals surface area (Å²) >= 11 is 0. The van der Waals surface area contributed by atoms with E-state index in [2.05, 4.69) is 10.4 Å². The number of carbonyl (C=O) groups excluding carboxylic acids is 2. The number of aliphatic carboxylic acids is 1. The Labute approximate surface area is 134 Å². The third-order valence-electron chi connectivity index (χ3n) is 2.93. The number of aromatic nitrogens is 2. The number of hydrogen-bond donors (Lipinski definition) is 2. The number of aryl methyl sites for hydroxylation is 1. The molecule has 8 heteroatoms. The summed E-state index contributed by atoms with van der Waals surface area (Å²) in [7, 11) is 0. The van der Waals surface area contributed by atoms with E-state index in [9.17, 15) is 14.4 Å². The highest BCUT2D eigenvalue weighted by atomic mass is 16.6. The quantitative estimate of drug-likeness (QED) is 0.740. The number of hydrogen-bond acceptors (Lipinski definition) is 5. The smallest absolute Gasteiger partial charge is 0.408 e. The predicted molar refractivity (Wildman–Crippen MR) is 82.3 cm³/mol. The first-order valence-electron chi connectivity index (χ1n) is 7.40. The lowest BCUT2D eigenvalue weighted by Crippen LogP contribution is -2.43. The molecule has 128 valence electrons. The van der Waals surface area contributed by atoms with Crippen molar-refractivity contribution >= 4 is 17.8 Å². The summed E-state index contributed by atoms with van der Waals surface area (Å²) in [5.41, 5.74) is -0.300. The van der Waals surface area contributed by atoms with Crippen molar-refractivity contribution in [2.24, 2.45) is 0 Å². The van der Waals surface area contributed by atoms with Gasteiger partial charge in [0.15, 0.2) is 5.78 Å². The van der Waals surface area contributed by atoms with Gasteiger partial charge in [-0.05, 0) is 34.1 Å². The second-order valence-corrected chi connectivity index (χ2v) is 6.08. The predicted octanol–water partition coefficient (Wildman–Crippen LogP) is 1.84. The number of nitrogens with zero attached hydrogens (tertiary/aromatic N) is 2. The standard InChI is InChI=1S/C15H23N3O5/c1-5-18-9-10(8-16-18)12(19)7-6-11(13(20)21)17-14(22)23-15(2,3)4/h8-9,11H,5-7H2,1-4H3,(H,17,22)(H,20,21)/t11-/m0/s1. The Morgan fingerprint density at radius 1 is 1.39 bits per heavy atom. The number of carbonyl (C=O) groups is 3. The molecule has 0 aliphatic heterocycles. The third-order valence-corrected chi connectivity index (χ3v) is 2.93. The fourth-order valence-electron chi connectivity index (χ4n) is 1.81. The van der Waals surface area contributed by atoms with E-state index in [1.54, 1.807) is 31.6 Å². The molecular formula is C15H23N3O5. The van der Waals surface area contributed by atoms with E-state index in [1.165, 1.54) is 6.20 Å². The van der Waals surface area contributed by atoms with Gasteiger partial charge >= 0.3 is 12.1 Å². The minimum atomic E-state index is -1.21. The van der Waals surface area contributed by atoms with Gasteiger partial charge in [0.2, 0.25) is 0 Å². The molecule has 0 saturated heterocycles. The molecule has 0 fully saturated rings. The molecule has 2 N–H and O–H groups in total. The van der Waals surface area contributed by atoms with Crippen LogP contribution in [0.15, 0.2) is 12.4 Å². The highest BCUT2D eigenvalue weighted by Crippen LogP contribution is 2.10. The highest BCUT2D eigenvalue weighted by molar-refractivity contribution is 5.96. The van der Waals surface area contributed by atoms with E-state index in [1.807, 2.05) is 6.92 Å². The molecule has 0 aliphatic rings. The SMILES string of the molecule is CCn1cc(C(=O)CC[C@H](NC(=O)OC(C)(C)C)C(=O)O)cn1. The number of rotatable bonds is 7. The monoisotopic (exact) mass is 325 g/mol. The molecule has 1 aromatic heterocycles. The van der Waals surface area contributed by atoms with Crippen molar-refractivity contribution < 1.29 is 24.2 Å². The van der Waals surface area contributed by atoms with Gasteiger partial charge in [0.1, 0.15) is 11.6 Å². The van der Waals surface area contributed by atoms with Crippen LogP contribution in [-0.2, 0) is 16.1 Å². The van der Waals surface area contributed by atoms with Gasteiger partial charge in [0.25, 0.3) is 0 Å². The van der Waals surface area contributed by atoms with Crippen molar-refractivity contribution in [1.82, 2.24) is 15.1 Å². The summed E-state index contributed by atoms with van der Waals surface area (Å²) in [4.78, 5) is 34.9. The van der Waals surface area contributed by atoms with Gasteiger partial charge in [0.05, 0.1) is 11.8 Å². The minimum Gasteiger partial charge on any atom is -0.480 e. The number of ketones is 1. The molecule has 0 aliphatic carbocycles. The number of nitrogens with one attached hydrogen (secondary N) is 1. The molecule has 0 unspecified atom stereocenters. The summed E-state index contributed by atoms with van der Waals surface area (Å²) in [5, 5.41) is 15.4. The maximum Gasteiger partial charge on any atom is 0.408 e. The van der Waals surface area contributed by atoms with Gasteiger partial charge in [-0.15, -0.1) is 0 Å². The zero-order valence-corrected chi connectivity index (χ0v) is 13.8. The summed E-state index contributed by atoms with van der Waals surface area (Å²) < 4.78 is 6.63. The van der Waals surface area contributed by atoms with Gasteiger partial charge < -0.3 is 15.2 Å². The Morgan fingerprint density at radius 2 is 2.04 bits per heavy atom. The van der Waals surface area contributed by atoms with E-state index in [-0.39, 0.29) is 18.6 Å². The van der Waals surface area contributed by atoms with Gasteiger partial charge in [-0.2, -0.15) is 5.10 Å². The zero-order chi connectivity index (χ0) is 17.6. The molecule has 0 radical (unpaired) electrons. The lowest BCUT2D eigenvalue weighted by atomic mass is 10.1. The van der Waals surface area contributed by atoms with Crippen LogP contribution in [0.25, 0.3) is 0 Å². The van der Waals surface area contributed by atoms with Crippen LogP contribution in [0, 0.1) is 0 Å². The average molecular weight is 325 g/mol. The maximum atomic E-state index is 12.0. The molecule has 1 rings (SSSR count). The Kier molecular flexibility index (Phi) is 6.29. The van der Waals surface area contributed by atoms with Crippen molar-refractivity contribution in [2.75, 3.05) is 0 Å². The van der Waals surface area contributed by atoms with Crippen molar-refractivity contribution in [3.63, 3.8) is 0 Å². The van der Waals surface area contributed by atoms with Gasteiger partial charge in [-0.3, -0.25) is 9.48 Å². The average Bonchev–Trinajstić information content (AvgIpc) is 2.89. The van der Waals surface area contributed by atoms with Crippen molar-refractivity contribution in [1.29, 1.82) is 0 Å². The van der Waals surface area contributed by atoms with Gasteiger partial charge in [0, 0.05) is 19.2 Å². The molecule has 0 saturated carbocycles. The number of carboxylic acids is 1. The lowest BCUT2D eigenvalue weighted by molar-refractivity contribution is -0.139. The van der Waals surface area contributed by atoms with Crippen molar-refractivity contribution in [3.8, 4) is 0 Å². The van der Waals surface area contributed by atoms with Gasteiger partial charge in [-0.25, -0.2) is 9.59 Å². The van der Waals surface area contributed by atoms with Crippen LogP contribution >= 0.6 is 0 Å².